The zero-order valence-corrected chi connectivity index (χ0v) is 46.8. The molecule has 3 aromatic heterocycles. The fourth-order valence-electron chi connectivity index (χ4n) is 11.9. The van der Waals surface area contributed by atoms with Gasteiger partial charge < -0.3 is 9.13 Å². The molecule has 0 atom stereocenters. The van der Waals surface area contributed by atoms with Crippen LogP contribution in [0.15, 0.2) is 237 Å². The van der Waals surface area contributed by atoms with Gasteiger partial charge in [0.2, 0.25) is 0 Å². The Kier molecular flexibility index (Phi) is 13.4. The molecule has 90 heavy (non-hydrogen) atoms. The Morgan fingerprint density at radius 3 is 0.867 bits per heavy atom. The SMILES string of the molecule is N#Cc1cccc(-c2ccc3c(c2)c2cc(-c4cccc(C#N)c4)ccc2n3-c2ccc(C(F)(F)F)cc2-c2nc(-c3ccccc3)nc(-c3cc(C(F)(F)F)ccc3-n3c4ccc(-c5cccc(C#N)c5)cc4c4cc(-c5cccc(C#N)c5)ccc43)n2)c1. The van der Waals surface area contributed by atoms with Crippen molar-refractivity contribution < 1.29 is 26.3 Å². The van der Waals surface area contributed by atoms with E-state index in [0.29, 0.717) is 71.4 Å². The third kappa shape index (κ3) is 9.94. The highest BCUT2D eigenvalue weighted by Gasteiger charge is 2.35. The average Bonchev–Trinajstić information content (AvgIpc) is 1.56. The van der Waals surface area contributed by atoms with E-state index in [-0.39, 0.29) is 40.0 Å². The molecule has 0 aliphatic heterocycles. The monoisotopic (exact) mass is 1180 g/mol. The Labute approximate surface area is 509 Å². The summed E-state index contributed by atoms with van der Waals surface area (Å²) in [5, 5.41) is 42.1. The summed E-state index contributed by atoms with van der Waals surface area (Å²) >= 11 is 0. The second kappa shape index (κ2) is 21.8. The molecule has 14 aromatic rings. The minimum absolute atomic E-state index is 0.0475. The number of benzene rings is 11. The van der Waals surface area contributed by atoms with Gasteiger partial charge >= 0.3 is 12.4 Å². The zero-order chi connectivity index (χ0) is 62.0. The Bertz CT molecular complexity index is 4930. The molecule has 0 aliphatic carbocycles. The van der Waals surface area contributed by atoms with E-state index in [1.165, 1.54) is 12.1 Å². The quantitative estimate of drug-likeness (QED) is 0.131. The summed E-state index contributed by atoms with van der Waals surface area (Å²) in [6, 6.07) is 74.8. The maximum absolute atomic E-state index is 15.4. The number of fused-ring (bicyclic) bond motifs is 6. The fourth-order valence-corrected chi connectivity index (χ4v) is 11.9. The van der Waals surface area contributed by atoms with Gasteiger partial charge in [-0.15, -0.1) is 0 Å². The van der Waals surface area contributed by atoms with Crippen molar-refractivity contribution in [2.45, 2.75) is 12.4 Å². The van der Waals surface area contributed by atoms with Crippen molar-refractivity contribution in [3.8, 4) is 114 Å². The van der Waals surface area contributed by atoms with Crippen LogP contribution in [0.25, 0.3) is 134 Å². The van der Waals surface area contributed by atoms with Gasteiger partial charge in [-0.1, -0.05) is 103 Å². The van der Waals surface area contributed by atoms with Crippen molar-refractivity contribution in [1.82, 2.24) is 24.1 Å². The zero-order valence-electron chi connectivity index (χ0n) is 46.8. The van der Waals surface area contributed by atoms with Crippen LogP contribution in [0.3, 0.4) is 0 Å². The van der Waals surface area contributed by atoms with Crippen molar-refractivity contribution in [3.05, 3.63) is 270 Å². The standard InChI is InChI=1S/C75H39F6N9/c76-74(77,78)57-22-28-69(89-65-24-18-53(49-14-4-8-44(30-49)40-82)34-59(65)60-35-54(19-25-66(60)89)50-15-5-9-45(31-50)41-83)63(38-57)72-86-71(48-12-2-1-3-13-48)87-73(88-72)64-39-58(75(79,80)81)23-29-70(64)90-67-26-20-55(51-16-6-10-46(32-51)42-84)36-61(67)62-37-56(21-27-68(62)90)52-17-7-11-47(33-52)43-85/h1-39H. The molecule has 11 aromatic carbocycles. The van der Waals surface area contributed by atoms with E-state index in [1.54, 1.807) is 112 Å². The third-order valence-corrected chi connectivity index (χ3v) is 16.1. The first-order valence-corrected chi connectivity index (χ1v) is 28.1. The number of nitrogens with zero attached hydrogens (tertiary/aromatic N) is 9. The van der Waals surface area contributed by atoms with E-state index in [0.717, 1.165) is 68.8 Å². The third-order valence-electron chi connectivity index (χ3n) is 16.1. The second-order valence-corrected chi connectivity index (χ2v) is 21.5. The molecule has 9 nitrogen and oxygen atoms in total. The molecule has 0 spiro atoms. The van der Waals surface area contributed by atoms with E-state index in [2.05, 4.69) is 24.3 Å². The molecular weight excluding hydrogens is 1140 g/mol. The van der Waals surface area contributed by atoms with Crippen molar-refractivity contribution >= 4 is 43.6 Å². The lowest BCUT2D eigenvalue weighted by atomic mass is 9.99. The summed E-state index contributed by atoms with van der Waals surface area (Å²) in [5.41, 5.74) is 8.32. The number of alkyl halides is 6. The topological polar surface area (TPSA) is 144 Å². The summed E-state index contributed by atoms with van der Waals surface area (Å²) in [7, 11) is 0. The first-order valence-electron chi connectivity index (χ1n) is 28.1. The van der Waals surface area contributed by atoms with Gasteiger partial charge in [-0.2, -0.15) is 47.4 Å². The van der Waals surface area contributed by atoms with Crippen LogP contribution in [-0.2, 0) is 12.4 Å². The van der Waals surface area contributed by atoms with E-state index < -0.39 is 23.5 Å². The molecule has 426 valence electrons. The predicted octanol–water partition coefficient (Wildman–Crippen LogP) is 19.3. The lowest BCUT2D eigenvalue weighted by Gasteiger charge is -2.19. The van der Waals surface area contributed by atoms with Gasteiger partial charge in [-0.25, -0.2) is 15.0 Å². The van der Waals surface area contributed by atoms with Gasteiger partial charge in [0, 0.05) is 38.2 Å². The summed E-state index contributed by atoms with van der Waals surface area (Å²) < 4.78 is 95.8. The summed E-state index contributed by atoms with van der Waals surface area (Å²) in [6.45, 7) is 0. The highest BCUT2D eigenvalue weighted by molar-refractivity contribution is 6.13. The minimum atomic E-state index is -4.90. The number of rotatable bonds is 9. The molecule has 3 heterocycles. The van der Waals surface area contributed by atoms with Crippen LogP contribution in [-0.4, -0.2) is 24.1 Å². The van der Waals surface area contributed by atoms with Crippen molar-refractivity contribution in [1.29, 1.82) is 21.0 Å². The minimum Gasteiger partial charge on any atom is -0.309 e. The number of nitriles is 4. The molecular formula is C75H39F6N9. The molecule has 0 N–H and O–H groups in total. The van der Waals surface area contributed by atoms with Crippen LogP contribution in [0, 0.1) is 45.3 Å². The highest BCUT2D eigenvalue weighted by atomic mass is 19.4. The van der Waals surface area contributed by atoms with E-state index in [1.807, 2.05) is 97.1 Å². The average molecular weight is 1180 g/mol. The normalized spacial score (nSPS) is 11.6. The first-order chi connectivity index (χ1) is 43.6. The van der Waals surface area contributed by atoms with Gasteiger partial charge in [0.15, 0.2) is 17.5 Å². The molecule has 0 aliphatic rings. The van der Waals surface area contributed by atoms with E-state index in [4.69, 9.17) is 15.0 Å². The smallest absolute Gasteiger partial charge is 0.309 e. The molecule has 14 rings (SSSR count). The van der Waals surface area contributed by atoms with Gasteiger partial charge in [0.1, 0.15) is 0 Å². The molecule has 0 amide bonds. The van der Waals surface area contributed by atoms with E-state index in [9.17, 15) is 21.0 Å². The van der Waals surface area contributed by atoms with Gasteiger partial charge in [0.25, 0.3) is 0 Å². The maximum Gasteiger partial charge on any atom is 0.416 e. The number of halogens is 6. The number of hydrogen-bond acceptors (Lipinski definition) is 7. The Morgan fingerprint density at radius 2 is 0.567 bits per heavy atom. The molecule has 0 bridgehead atoms. The largest absolute Gasteiger partial charge is 0.416 e. The van der Waals surface area contributed by atoms with Crippen molar-refractivity contribution in [2.75, 3.05) is 0 Å². The molecule has 0 saturated carbocycles. The van der Waals surface area contributed by atoms with Crippen molar-refractivity contribution in [3.63, 3.8) is 0 Å². The lowest BCUT2D eigenvalue weighted by molar-refractivity contribution is -0.138. The Hall–Kier alpha value is -12.4. The van der Waals surface area contributed by atoms with Crippen LogP contribution >= 0.6 is 0 Å². The van der Waals surface area contributed by atoms with Crippen LogP contribution in [0.5, 0.6) is 0 Å². The fraction of sp³-hybridized carbons (Fsp3) is 0.0267. The molecule has 0 radical (unpaired) electrons. The van der Waals surface area contributed by atoms with Crippen LogP contribution in [0.1, 0.15) is 33.4 Å². The highest BCUT2D eigenvalue weighted by Crippen LogP contribution is 2.45. The van der Waals surface area contributed by atoms with Crippen LogP contribution < -0.4 is 0 Å². The summed E-state index contributed by atoms with van der Waals surface area (Å²) in [6.07, 6.45) is -9.79. The number of aromatic nitrogens is 5. The summed E-state index contributed by atoms with van der Waals surface area (Å²) in [5.74, 6) is -0.624. The van der Waals surface area contributed by atoms with Crippen LogP contribution in [0.2, 0.25) is 0 Å². The van der Waals surface area contributed by atoms with Gasteiger partial charge in [0.05, 0.1) is 91.1 Å². The number of hydrogen-bond donors (Lipinski definition) is 0. The molecule has 0 unspecified atom stereocenters. The Balaban J connectivity index is 1.04. The maximum atomic E-state index is 15.4. The molecule has 0 fully saturated rings. The predicted molar refractivity (Wildman–Crippen MR) is 335 cm³/mol. The van der Waals surface area contributed by atoms with Crippen molar-refractivity contribution in [2.24, 2.45) is 0 Å². The second-order valence-electron chi connectivity index (χ2n) is 21.5. The van der Waals surface area contributed by atoms with Crippen LogP contribution in [0.4, 0.5) is 26.3 Å². The molecule has 15 heteroatoms. The first kappa shape index (κ1) is 55.4. The summed E-state index contributed by atoms with van der Waals surface area (Å²) in [4.78, 5) is 14.9. The molecule has 0 saturated heterocycles. The Morgan fingerprint density at radius 1 is 0.278 bits per heavy atom. The van der Waals surface area contributed by atoms with E-state index >= 15 is 26.3 Å². The lowest BCUT2D eigenvalue weighted by Crippen LogP contribution is -2.10. The van der Waals surface area contributed by atoms with Gasteiger partial charge in [-0.05, 0) is 178 Å². The van der Waals surface area contributed by atoms with Gasteiger partial charge in [-0.3, -0.25) is 0 Å².